The summed E-state index contributed by atoms with van der Waals surface area (Å²) in [5.74, 6) is -1.56. The van der Waals surface area contributed by atoms with E-state index in [1.165, 1.54) is 7.11 Å². The van der Waals surface area contributed by atoms with Crippen molar-refractivity contribution in [2.75, 3.05) is 40.9 Å². The van der Waals surface area contributed by atoms with Crippen LogP contribution in [0.1, 0.15) is 32.6 Å². The van der Waals surface area contributed by atoms with Crippen LogP contribution in [0.4, 0.5) is 0 Å². The van der Waals surface area contributed by atoms with Crippen LogP contribution in [0, 0.1) is 0 Å². The van der Waals surface area contributed by atoms with Crippen molar-refractivity contribution in [1.82, 2.24) is 15.7 Å². The van der Waals surface area contributed by atoms with E-state index in [1.54, 1.807) is 14.2 Å². The van der Waals surface area contributed by atoms with Crippen molar-refractivity contribution in [2.24, 2.45) is 0 Å². The summed E-state index contributed by atoms with van der Waals surface area (Å²) < 4.78 is 5.50. The van der Waals surface area contributed by atoms with Crippen molar-refractivity contribution in [3.63, 3.8) is 0 Å². The Labute approximate surface area is 121 Å². The summed E-state index contributed by atoms with van der Waals surface area (Å²) in [7, 11) is 4.94. The molecule has 0 spiro atoms. The minimum Gasteiger partial charge on any atom is -0.348 e. The zero-order valence-corrected chi connectivity index (χ0v) is 13.1. The largest absolute Gasteiger partial charge is 0.348 e. The molecule has 2 fully saturated rings. The molecule has 2 aliphatic rings. The molecule has 117 valence electrons. The number of nitrogens with one attached hydrogen (secondary N) is 2. The van der Waals surface area contributed by atoms with Gasteiger partial charge in [0.25, 0.3) is 0 Å². The van der Waals surface area contributed by atoms with Gasteiger partial charge in [-0.3, -0.25) is 0 Å². The molecule has 2 rings (SSSR count). The number of hydrogen-bond acceptors (Lipinski definition) is 5. The lowest BCUT2D eigenvalue weighted by Gasteiger charge is -2.55. The minimum atomic E-state index is -1.56. The van der Waals surface area contributed by atoms with Crippen molar-refractivity contribution in [2.45, 2.75) is 49.5 Å². The molecule has 2 saturated heterocycles. The average molecular weight is 286 g/mol. The number of nitrogens with zero attached hydrogens (tertiary/aromatic N) is 1. The minimum absolute atomic E-state index is 0.251. The van der Waals surface area contributed by atoms with Crippen LogP contribution >= 0.6 is 0 Å². The van der Waals surface area contributed by atoms with Crippen LogP contribution < -0.4 is 10.6 Å². The number of hydroxylamine groups is 2. The summed E-state index contributed by atoms with van der Waals surface area (Å²) in [5.41, 5.74) is -1.00. The Morgan fingerprint density at radius 2 is 2.10 bits per heavy atom. The number of ether oxygens (including phenoxy) is 1. The van der Waals surface area contributed by atoms with Crippen molar-refractivity contribution < 1.29 is 14.7 Å². The van der Waals surface area contributed by atoms with Crippen LogP contribution in [-0.2, 0) is 14.7 Å². The fourth-order valence-corrected chi connectivity index (χ4v) is 4.26. The van der Waals surface area contributed by atoms with E-state index in [1.807, 2.05) is 5.06 Å². The van der Waals surface area contributed by atoms with E-state index in [9.17, 15) is 5.11 Å². The first-order valence-electron chi connectivity index (χ1n) is 7.46. The predicted molar refractivity (Wildman–Crippen MR) is 75.7 cm³/mol. The van der Waals surface area contributed by atoms with Crippen molar-refractivity contribution >= 4 is 0 Å². The molecule has 2 aliphatic heterocycles. The SMILES string of the molecule is CNCC([O])(OC)[C@]1([C@@]2(C)CCCN2)CCCN1OC. The smallest absolute Gasteiger partial charge is 0.236 e. The highest BCUT2D eigenvalue weighted by atomic mass is 16.7. The molecule has 0 saturated carbocycles. The molecule has 6 nitrogen and oxygen atoms in total. The van der Waals surface area contributed by atoms with Crippen LogP contribution in [-0.4, -0.2) is 62.8 Å². The second-order valence-corrected chi connectivity index (χ2v) is 6.10. The van der Waals surface area contributed by atoms with E-state index in [4.69, 9.17) is 9.57 Å². The van der Waals surface area contributed by atoms with Gasteiger partial charge in [0.1, 0.15) is 5.54 Å². The lowest BCUT2D eigenvalue weighted by atomic mass is 9.69. The number of hydrogen-bond donors (Lipinski definition) is 2. The lowest BCUT2D eigenvalue weighted by Crippen LogP contribution is -2.76. The summed E-state index contributed by atoms with van der Waals surface area (Å²) in [6, 6.07) is 0. The quantitative estimate of drug-likeness (QED) is 0.697. The maximum absolute atomic E-state index is 13.5. The first-order chi connectivity index (χ1) is 9.49. The first-order valence-corrected chi connectivity index (χ1v) is 7.46. The molecule has 0 aromatic carbocycles. The van der Waals surface area contributed by atoms with Crippen LogP contribution in [0.15, 0.2) is 0 Å². The predicted octanol–water partition coefficient (Wildman–Crippen LogP) is 0.517. The molecule has 20 heavy (non-hydrogen) atoms. The molecule has 1 unspecified atom stereocenters. The molecule has 0 amide bonds. The Morgan fingerprint density at radius 3 is 2.60 bits per heavy atom. The molecule has 0 aromatic heterocycles. The monoisotopic (exact) mass is 286 g/mol. The Hall–Kier alpha value is -0.240. The summed E-state index contributed by atoms with van der Waals surface area (Å²) in [6.45, 7) is 4.10. The maximum Gasteiger partial charge on any atom is 0.236 e. The maximum atomic E-state index is 13.5. The normalized spacial score (nSPS) is 38.2. The third-order valence-electron chi connectivity index (χ3n) is 5.20. The highest BCUT2D eigenvalue weighted by molar-refractivity contribution is 5.19. The third kappa shape index (κ3) is 2.10. The van der Waals surface area contributed by atoms with E-state index >= 15 is 0 Å². The molecule has 3 atom stereocenters. The fourth-order valence-electron chi connectivity index (χ4n) is 4.26. The van der Waals surface area contributed by atoms with Gasteiger partial charge in [0.2, 0.25) is 5.79 Å². The van der Waals surface area contributed by atoms with Gasteiger partial charge in [-0.2, -0.15) is 10.2 Å². The van der Waals surface area contributed by atoms with E-state index in [0.717, 1.165) is 38.8 Å². The molecule has 2 N–H and O–H groups in total. The molecule has 0 aromatic rings. The second-order valence-electron chi connectivity index (χ2n) is 6.10. The number of likely N-dealkylation sites (N-methyl/N-ethyl adjacent to an activating group) is 1. The van der Waals surface area contributed by atoms with Gasteiger partial charge in [-0.1, -0.05) is 0 Å². The molecule has 6 heteroatoms. The molecular formula is C14H28N3O3. The van der Waals surface area contributed by atoms with Gasteiger partial charge in [-0.15, -0.1) is 0 Å². The second kappa shape index (κ2) is 5.87. The highest BCUT2D eigenvalue weighted by Gasteiger charge is 2.68. The van der Waals surface area contributed by atoms with E-state index in [0.29, 0.717) is 0 Å². The Morgan fingerprint density at radius 1 is 1.35 bits per heavy atom. The summed E-state index contributed by atoms with van der Waals surface area (Å²) in [5, 5.41) is 21.9. The van der Waals surface area contributed by atoms with Gasteiger partial charge in [0.05, 0.1) is 13.7 Å². The lowest BCUT2D eigenvalue weighted by molar-refractivity contribution is -0.351. The van der Waals surface area contributed by atoms with Crippen LogP contribution in [0.25, 0.3) is 0 Å². The summed E-state index contributed by atoms with van der Waals surface area (Å²) >= 11 is 0. The molecule has 0 bridgehead atoms. The van der Waals surface area contributed by atoms with Crippen molar-refractivity contribution in [3.8, 4) is 0 Å². The van der Waals surface area contributed by atoms with Crippen molar-refractivity contribution in [1.29, 1.82) is 0 Å². The number of rotatable bonds is 6. The van der Waals surface area contributed by atoms with Gasteiger partial charge < -0.3 is 20.2 Å². The Balaban J connectivity index is 2.48. The standard InChI is InChI=1S/C14H28N3O3/c1-12(7-5-9-16-12)13(8-6-10-17(13)20-4)14(18,19-3)11-15-2/h15-16H,5-11H2,1-4H3/t12-,13-,14?/m1/s1. The zero-order chi connectivity index (χ0) is 14.9. The topological polar surface area (TPSA) is 65.7 Å². The molecule has 1 radical (unpaired) electrons. The van der Waals surface area contributed by atoms with Crippen LogP contribution in [0.5, 0.6) is 0 Å². The molecule has 0 aliphatic carbocycles. The van der Waals surface area contributed by atoms with E-state index in [2.05, 4.69) is 17.6 Å². The van der Waals surface area contributed by atoms with Crippen molar-refractivity contribution in [3.05, 3.63) is 0 Å². The third-order valence-corrected chi connectivity index (χ3v) is 5.20. The highest BCUT2D eigenvalue weighted by Crippen LogP contribution is 2.49. The van der Waals surface area contributed by atoms with Gasteiger partial charge >= 0.3 is 0 Å². The van der Waals surface area contributed by atoms with Gasteiger partial charge in [0, 0.05) is 19.2 Å². The van der Waals surface area contributed by atoms with Gasteiger partial charge in [-0.05, 0) is 46.2 Å². The summed E-state index contributed by atoms with van der Waals surface area (Å²) in [6.07, 6.45) is 3.77. The first kappa shape index (κ1) is 16.1. The van der Waals surface area contributed by atoms with Crippen LogP contribution in [0.2, 0.25) is 0 Å². The van der Waals surface area contributed by atoms with Crippen LogP contribution in [0.3, 0.4) is 0 Å². The zero-order valence-electron chi connectivity index (χ0n) is 13.1. The van der Waals surface area contributed by atoms with E-state index in [-0.39, 0.29) is 12.1 Å². The fraction of sp³-hybridized carbons (Fsp3) is 1.00. The van der Waals surface area contributed by atoms with E-state index < -0.39 is 11.3 Å². The average Bonchev–Trinajstić information content (AvgIpc) is 3.06. The van der Waals surface area contributed by atoms with Gasteiger partial charge in [0.15, 0.2) is 0 Å². The Kier molecular flexibility index (Phi) is 4.73. The Bertz CT molecular complexity index is 336. The van der Waals surface area contributed by atoms with Gasteiger partial charge in [-0.25, -0.2) is 0 Å². The molecule has 2 heterocycles. The summed E-state index contributed by atoms with van der Waals surface area (Å²) in [4.78, 5) is 5.58. The number of methoxy groups -OCH3 is 1. The molecular weight excluding hydrogens is 258 g/mol.